The lowest BCUT2D eigenvalue weighted by molar-refractivity contribution is -0.137. The van der Waals surface area contributed by atoms with Crippen LogP contribution in [0.5, 0.6) is 5.75 Å². The highest BCUT2D eigenvalue weighted by atomic mass is 79.9. The van der Waals surface area contributed by atoms with E-state index < -0.39 is 23.8 Å². The summed E-state index contributed by atoms with van der Waals surface area (Å²) in [5.74, 6) is -0.218. The van der Waals surface area contributed by atoms with Gasteiger partial charge in [0.2, 0.25) is 0 Å². The molecule has 0 radical (unpaired) electrons. The fourth-order valence-electron chi connectivity index (χ4n) is 1.84. The third-order valence-electron chi connectivity index (χ3n) is 2.99. The van der Waals surface area contributed by atoms with Gasteiger partial charge in [0.1, 0.15) is 5.75 Å². The van der Waals surface area contributed by atoms with Gasteiger partial charge in [-0.1, -0.05) is 28.1 Å². The van der Waals surface area contributed by atoms with Crippen LogP contribution in [0, 0.1) is 0 Å². The summed E-state index contributed by atoms with van der Waals surface area (Å²) in [5.41, 5.74) is -1.19. The van der Waals surface area contributed by atoms with Gasteiger partial charge >= 0.3 is 6.18 Å². The quantitative estimate of drug-likeness (QED) is 0.812. The molecule has 0 heterocycles. The van der Waals surface area contributed by atoms with Crippen molar-refractivity contribution in [2.75, 3.05) is 5.32 Å². The smallest absolute Gasteiger partial charge is 0.418 e. The Morgan fingerprint density at radius 3 is 2.35 bits per heavy atom. The third kappa shape index (κ3) is 4.72. The van der Waals surface area contributed by atoms with Crippen molar-refractivity contribution in [2.24, 2.45) is 0 Å². The van der Waals surface area contributed by atoms with Crippen molar-refractivity contribution in [3.8, 4) is 5.75 Å². The van der Waals surface area contributed by atoms with Crippen LogP contribution in [-0.2, 0) is 11.0 Å². The summed E-state index contributed by atoms with van der Waals surface area (Å²) < 4.78 is 45.0. The van der Waals surface area contributed by atoms with Crippen LogP contribution in [0.25, 0.3) is 0 Å². The lowest BCUT2D eigenvalue weighted by Gasteiger charge is -2.17. The van der Waals surface area contributed by atoms with E-state index in [4.69, 9.17) is 4.74 Å². The van der Waals surface area contributed by atoms with E-state index in [1.54, 1.807) is 24.3 Å². The first-order valence-corrected chi connectivity index (χ1v) is 7.46. The number of benzene rings is 2. The summed E-state index contributed by atoms with van der Waals surface area (Å²) in [6, 6.07) is 11.6. The molecule has 7 heteroatoms. The second-order valence-corrected chi connectivity index (χ2v) is 5.66. The Kier molecular flexibility index (Phi) is 5.30. The van der Waals surface area contributed by atoms with Crippen LogP contribution >= 0.6 is 15.9 Å². The summed E-state index contributed by atoms with van der Waals surface area (Å²) in [6.45, 7) is 1.47. The van der Waals surface area contributed by atoms with Gasteiger partial charge in [0.05, 0.1) is 11.3 Å². The van der Waals surface area contributed by atoms with E-state index in [0.717, 1.165) is 10.5 Å². The van der Waals surface area contributed by atoms with Crippen LogP contribution in [-0.4, -0.2) is 12.0 Å². The Hall–Kier alpha value is -2.02. The molecule has 2 aromatic carbocycles. The molecule has 0 saturated heterocycles. The average molecular weight is 388 g/mol. The Morgan fingerprint density at radius 2 is 1.74 bits per heavy atom. The zero-order chi connectivity index (χ0) is 17.0. The Morgan fingerprint density at radius 1 is 1.13 bits per heavy atom. The van der Waals surface area contributed by atoms with Gasteiger partial charge in [0.25, 0.3) is 5.91 Å². The normalized spacial score (nSPS) is 12.6. The minimum atomic E-state index is -4.54. The van der Waals surface area contributed by atoms with Gasteiger partial charge in [-0.2, -0.15) is 13.2 Å². The van der Waals surface area contributed by atoms with E-state index in [1.807, 2.05) is 0 Å². The van der Waals surface area contributed by atoms with Crippen molar-refractivity contribution < 1.29 is 22.7 Å². The van der Waals surface area contributed by atoms with Crippen LogP contribution in [0.1, 0.15) is 12.5 Å². The number of alkyl halides is 3. The molecule has 0 aliphatic heterocycles. The van der Waals surface area contributed by atoms with Crippen LogP contribution in [0.2, 0.25) is 0 Å². The molecule has 0 saturated carbocycles. The monoisotopic (exact) mass is 387 g/mol. The fourth-order valence-corrected chi connectivity index (χ4v) is 2.11. The number of carbonyl (C=O) groups excluding carboxylic acids is 1. The van der Waals surface area contributed by atoms with Gasteiger partial charge in [0, 0.05) is 4.47 Å². The number of hydrogen-bond acceptors (Lipinski definition) is 2. The van der Waals surface area contributed by atoms with Gasteiger partial charge in [0.15, 0.2) is 6.10 Å². The fraction of sp³-hybridized carbons (Fsp3) is 0.188. The van der Waals surface area contributed by atoms with Crippen molar-refractivity contribution in [1.82, 2.24) is 0 Å². The van der Waals surface area contributed by atoms with E-state index in [-0.39, 0.29) is 5.69 Å². The second-order valence-electron chi connectivity index (χ2n) is 4.75. The number of nitrogens with one attached hydrogen (secondary N) is 1. The molecule has 122 valence electrons. The molecule has 2 rings (SSSR count). The third-order valence-corrected chi connectivity index (χ3v) is 3.51. The van der Waals surface area contributed by atoms with Crippen molar-refractivity contribution in [3.05, 3.63) is 58.6 Å². The summed E-state index contributed by atoms with van der Waals surface area (Å²) >= 11 is 3.27. The molecule has 1 N–H and O–H groups in total. The number of ether oxygens (including phenoxy) is 1. The van der Waals surface area contributed by atoms with Crippen LogP contribution in [0.15, 0.2) is 53.0 Å². The number of rotatable bonds is 4. The standard InChI is InChI=1S/C16H13BrF3NO2/c1-10(23-12-8-6-11(17)7-9-12)15(22)21-14-5-3-2-4-13(14)16(18,19)20/h2-10H,1H3,(H,21,22)/t10-/m1/s1. The van der Waals surface area contributed by atoms with Crippen molar-refractivity contribution in [3.63, 3.8) is 0 Å². The summed E-state index contributed by atoms with van der Waals surface area (Å²) in [4.78, 5) is 12.1. The number of para-hydroxylation sites is 1. The Labute approximate surface area is 139 Å². The van der Waals surface area contributed by atoms with E-state index in [0.29, 0.717) is 5.75 Å². The second kappa shape index (κ2) is 7.04. The molecule has 1 amide bonds. The molecule has 2 aromatic rings. The van der Waals surface area contributed by atoms with E-state index in [1.165, 1.54) is 25.1 Å². The minimum Gasteiger partial charge on any atom is -0.481 e. The molecule has 0 aliphatic carbocycles. The molecule has 0 spiro atoms. The number of hydrogen-bond donors (Lipinski definition) is 1. The molecule has 0 fully saturated rings. The topological polar surface area (TPSA) is 38.3 Å². The van der Waals surface area contributed by atoms with Crippen LogP contribution in [0.3, 0.4) is 0 Å². The number of anilines is 1. The average Bonchev–Trinajstić information content (AvgIpc) is 2.49. The molecule has 0 bridgehead atoms. The maximum absolute atomic E-state index is 12.9. The van der Waals surface area contributed by atoms with Crippen LogP contribution in [0.4, 0.5) is 18.9 Å². The molecule has 23 heavy (non-hydrogen) atoms. The van der Waals surface area contributed by atoms with Gasteiger partial charge in [-0.3, -0.25) is 4.79 Å². The van der Waals surface area contributed by atoms with Crippen molar-refractivity contribution >= 4 is 27.5 Å². The Balaban J connectivity index is 2.08. The van der Waals surface area contributed by atoms with Gasteiger partial charge in [-0.05, 0) is 43.3 Å². The molecule has 1 atom stereocenters. The van der Waals surface area contributed by atoms with E-state index in [2.05, 4.69) is 21.2 Å². The van der Waals surface area contributed by atoms with Crippen LogP contribution < -0.4 is 10.1 Å². The highest BCUT2D eigenvalue weighted by molar-refractivity contribution is 9.10. The molecule has 0 aromatic heterocycles. The highest BCUT2D eigenvalue weighted by Crippen LogP contribution is 2.34. The number of amides is 1. The molecule has 0 aliphatic rings. The summed E-state index contributed by atoms with van der Waals surface area (Å²) in [7, 11) is 0. The lowest BCUT2D eigenvalue weighted by atomic mass is 10.1. The van der Waals surface area contributed by atoms with Crippen molar-refractivity contribution in [1.29, 1.82) is 0 Å². The zero-order valence-electron chi connectivity index (χ0n) is 12.0. The summed E-state index contributed by atoms with van der Waals surface area (Å²) in [5, 5.41) is 2.26. The predicted molar refractivity (Wildman–Crippen MR) is 84.3 cm³/mol. The SMILES string of the molecule is C[C@@H](Oc1ccc(Br)cc1)C(=O)Nc1ccccc1C(F)(F)F. The van der Waals surface area contributed by atoms with Crippen molar-refractivity contribution in [2.45, 2.75) is 19.2 Å². The Bertz CT molecular complexity index is 686. The molecular formula is C16H13BrF3NO2. The largest absolute Gasteiger partial charge is 0.481 e. The van der Waals surface area contributed by atoms with E-state index in [9.17, 15) is 18.0 Å². The lowest BCUT2D eigenvalue weighted by Crippen LogP contribution is -2.31. The first-order chi connectivity index (χ1) is 10.8. The van der Waals surface area contributed by atoms with Gasteiger partial charge in [-0.25, -0.2) is 0 Å². The maximum atomic E-state index is 12.9. The number of halogens is 4. The first kappa shape index (κ1) is 17.3. The zero-order valence-corrected chi connectivity index (χ0v) is 13.6. The minimum absolute atomic E-state index is 0.295. The summed E-state index contributed by atoms with van der Waals surface area (Å²) in [6.07, 6.45) is -5.49. The highest BCUT2D eigenvalue weighted by Gasteiger charge is 2.33. The number of carbonyl (C=O) groups is 1. The molecular weight excluding hydrogens is 375 g/mol. The van der Waals surface area contributed by atoms with Gasteiger partial charge in [-0.15, -0.1) is 0 Å². The maximum Gasteiger partial charge on any atom is 0.418 e. The molecule has 0 unspecified atom stereocenters. The van der Waals surface area contributed by atoms with E-state index >= 15 is 0 Å². The van der Waals surface area contributed by atoms with Gasteiger partial charge < -0.3 is 10.1 Å². The predicted octanol–water partition coefficient (Wildman–Crippen LogP) is 4.87. The first-order valence-electron chi connectivity index (χ1n) is 6.66. The molecule has 3 nitrogen and oxygen atoms in total.